The lowest BCUT2D eigenvalue weighted by molar-refractivity contribution is 0.604. The molecule has 0 N–H and O–H groups in total. The van der Waals surface area contributed by atoms with E-state index in [0.717, 1.165) is 16.7 Å². The van der Waals surface area contributed by atoms with Crippen molar-refractivity contribution in [3.8, 4) is 0 Å². The zero-order valence-corrected chi connectivity index (χ0v) is 11.2. The fraction of sp³-hybridized carbons (Fsp3) is 0.111. The lowest BCUT2D eigenvalue weighted by Gasteiger charge is -1.93. The van der Waals surface area contributed by atoms with Crippen LogP contribution in [0.1, 0.15) is 22.5 Å². The molecule has 0 spiro atoms. The molecule has 0 bridgehead atoms. The van der Waals surface area contributed by atoms with Crippen LogP contribution < -0.4 is 0 Å². The topological polar surface area (TPSA) is 13.1 Å². The van der Waals surface area contributed by atoms with Crippen LogP contribution in [0.25, 0.3) is 23.1 Å². The summed E-state index contributed by atoms with van der Waals surface area (Å²) in [5.74, 6) is 0.890. The van der Waals surface area contributed by atoms with Crippen LogP contribution in [0.4, 0.5) is 0 Å². The molecule has 1 heteroatoms. The molecule has 2 aromatic carbocycles. The Kier molecular flexibility index (Phi) is 2.96. The van der Waals surface area contributed by atoms with Crippen molar-refractivity contribution in [2.24, 2.45) is 0 Å². The number of fused-ring (bicyclic) bond motifs is 1. The molecule has 0 aliphatic carbocycles. The molecule has 3 rings (SSSR count). The Balaban J connectivity index is 1.90. The molecule has 0 atom stereocenters. The largest absolute Gasteiger partial charge is 0.457 e. The van der Waals surface area contributed by atoms with Gasteiger partial charge in [0.25, 0.3) is 0 Å². The first kappa shape index (κ1) is 11.8. The highest BCUT2D eigenvalue weighted by molar-refractivity contribution is 5.82. The summed E-state index contributed by atoms with van der Waals surface area (Å²) in [6, 6.07) is 16.8. The average molecular weight is 248 g/mol. The van der Waals surface area contributed by atoms with Crippen LogP contribution in [0.5, 0.6) is 0 Å². The highest BCUT2D eigenvalue weighted by atomic mass is 16.3. The Morgan fingerprint density at radius 3 is 2.32 bits per heavy atom. The lowest BCUT2D eigenvalue weighted by atomic mass is 10.1. The van der Waals surface area contributed by atoms with Crippen molar-refractivity contribution < 1.29 is 4.42 Å². The molecule has 0 amide bonds. The Morgan fingerprint density at radius 2 is 1.53 bits per heavy atom. The molecule has 0 unspecified atom stereocenters. The molecule has 1 heterocycles. The second kappa shape index (κ2) is 4.77. The minimum atomic E-state index is 0.890. The summed E-state index contributed by atoms with van der Waals surface area (Å²) < 4.78 is 5.78. The summed E-state index contributed by atoms with van der Waals surface area (Å²) in [6.07, 6.45) is 4.09. The summed E-state index contributed by atoms with van der Waals surface area (Å²) >= 11 is 0. The van der Waals surface area contributed by atoms with Gasteiger partial charge in [0.05, 0.1) is 0 Å². The van der Waals surface area contributed by atoms with Gasteiger partial charge < -0.3 is 4.42 Å². The van der Waals surface area contributed by atoms with Gasteiger partial charge in [-0.3, -0.25) is 0 Å². The fourth-order valence-corrected chi connectivity index (χ4v) is 2.12. The summed E-state index contributed by atoms with van der Waals surface area (Å²) in [5, 5.41) is 1.16. The van der Waals surface area contributed by atoms with Gasteiger partial charge in [0.2, 0.25) is 0 Å². The predicted octanol–water partition coefficient (Wildman–Crippen LogP) is 5.22. The van der Waals surface area contributed by atoms with Gasteiger partial charge in [0, 0.05) is 5.39 Å². The van der Waals surface area contributed by atoms with E-state index >= 15 is 0 Å². The number of benzene rings is 2. The Hall–Kier alpha value is -2.28. The van der Waals surface area contributed by atoms with E-state index < -0.39 is 0 Å². The molecule has 1 aromatic heterocycles. The first-order valence-corrected chi connectivity index (χ1v) is 6.46. The van der Waals surface area contributed by atoms with Crippen LogP contribution in [0, 0.1) is 13.8 Å². The maximum atomic E-state index is 5.78. The Bertz CT molecular complexity index is 730. The lowest BCUT2D eigenvalue weighted by Crippen LogP contribution is -1.73. The molecule has 3 aromatic rings. The van der Waals surface area contributed by atoms with Crippen molar-refractivity contribution in [3.05, 3.63) is 71.0 Å². The third-order valence-electron chi connectivity index (χ3n) is 3.21. The van der Waals surface area contributed by atoms with E-state index in [1.807, 2.05) is 12.1 Å². The molecule has 0 saturated heterocycles. The molecule has 0 aliphatic heterocycles. The standard InChI is InChI=1S/C18H16O/c1-13-3-6-15(7-4-13)8-9-17-12-16-11-14(2)5-10-18(16)19-17/h3-12H,1-2H3/b9-8+. The second-order valence-electron chi connectivity index (χ2n) is 4.93. The van der Waals surface area contributed by atoms with Gasteiger partial charge >= 0.3 is 0 Å². The molecule has 0 saturated carbocycles. The number of hydrogen-bond acceptors (Lipinski definition) is 1. The first-order chi connectivity index (χ1) is 9.20. The molecule has 0 fully saturated rings. The maximum Gasteiger partial charge on any atom is 0.134 e. The number of aryl methyl sites for hydroxylation is 2. The van der Waals surface area contributed by atoms with Crippen LogP contribution >= 0.6 is 0 Å². The summed E-state index contributed by atoms with van der Waals surface area (Å²) in [6.45, 7) is 4.18. The van der Waals surface area contributed by atoms with Crippen molar-refractivity contribution >= 4 is 23.1 Å². The van der Waals surface area contributed by atoms with Crippen LogP contribution in [-0.2, 0) is 0 Å². The molecule has 0 radical (unpaired) electrons. The monoisotopic (exact) mass is 248 g/mol. The van der Waals surface area contributed by atoms with E-state index in [1.165, 1.54) is 16.7 Å². The normalized spacial score (nSPS) is 11.5. The van der Waals surface area contributed by atoms with Crippen LogP contribution in [0.15, 0.2) is 52.9 Å². The zero-order chi connectivity index (χ0) is 13.2. The fourth-order valence-electron chi connectivity index (χ4n) is 2.12. The SMILES string of the molecule is Cc1ccc(/C=C/c2cc3cc(C)ccc3o2)cc1. The van der Waals surface area contributed by atoms with Gasteiger partial charge in [-0.2, -0.15) is 0 Å². The van der Waals surface area contributed by atoms with Crippen molar-refractivity contribution in [2.45, 2.75) is 13.8 Å². The third-order valence-corrected chi connectivity index (χ3v) is 3.21. The number of furan rings is 1. The predicted molar refractivity (Wildman–Crippen MR) is 81.1 cm³/mol. The highest BCUT2D eigenvalue weighted by Crippen LogP contribution is 2.22. The van der Waals surface area contributed by atoms with E-state index in [1.54, 1.807) is 0 Å². The zero-order valence-electron chi connectivity index (χ0n) is 11.2. The van der Waals surface area contributed by atoms with Crippen molar-refractivity contribution in [1.29, 1.82) is 0 Å². The van der Waals surface area contributed by atoms with Crippen LogP contribution in [0.2, 0.25) is 0 Å². The van der Waals surface area contributed by atoms with E-state index in [4.69, 9.17) is 4.42 Å². The minimum absolute atomic E-state index is 0.890. The number of rotatable bonds is 2. The molecule has 94 valence electrons. The smallest absolute Gasteiger partial charge is 0.134 e. The van der Waals surface area contributed by atoms with E-state index in [9.17, 15) is 0 Å². The minimum Gasteiger partial charge on any atom is -0.457 e. The second-order valence-corrected chi connectivity index (χ2v) is 4.93. The molecule has 1 nitrogen and oxygen atoms in total. The van der Waals surface area contributed by atoms with Gasteiger partial charge in [-0.25, -0.2) is 0 Å². The molecular weight excluding hydrogens is 232 g/mol. The maximum absolute atomic E-state index is 5.78. The van der Waals surface area contributed by atoms with E-state index in [0.29, 0.717) is 0 Å². The van der Waals surface area contributed by atoms with Crippen LogP contribution in [0.3, 0.4) is 0 Å². The van der Waals surface area contributed by atoms with Gasteiger partial charge in [-0.05, 0) is 43.7 Å². The molecule has 19 heavy (non-hydrogen) atoms. The summed E-state index contributed by atoms with van der Waals surface area (Å²) in [4.78, 5) is 0. The Morgan fingerprint density at radius 1 is 0.789 bits per heavy atom. The van der Waals surface area contributed by atoms with Gasteiger partial charge in [0.15, 0.2) is 0 Å². The van der Waals surface area contributed by atoms with Crippen molar-refractivity contribution in [1.82, 2.24) is 0 Å². The quantitative estimate of drug-likeness (QED) is 0.606. The molecule has 0 aliphatic rings. The number of hydrogen-bond donors (Lipinski definition) is 0. The average Bonchev–Trinajstić information content (AvgIpc) is 2.80. The van der Waals surface area contributed by atoms with E-state index in [2.05, 4.69) is 62.4 Å². The van der Waals surface area contributed by atoms with Gasteiger partial charge in [0.1, 0.15) is 11.3 Å². The summed E-state index contributed by atoms with van der Waals surface area (Å²) in [7, 11) is 0. The van der Waals surface area contributed by atoms with Crippen LogP contribution in [-0.4, -0.2) is 0 Å². The third kappa shape index (κ3) is 2.60. The van der Waals surface area contributed by atoms with Gasteiger partial charge in [-0.1, -0.05) is 47.5 Å². The van der Waals surface area contributed by atoms with Gasteiger partial charge in [-0.15, -0.1) is 0 Å². The van der Waals surface area contributed by atoms with Crippen molar-refractivity contribution in [3.63, 3.8) is 0 Å². The summed E-state index contributed by atoms with van der Waals surface area (Å²) in [5.41, 5.74) is 4.65. The molecular formula is C18H16O. The van der Waals surface area contributed by atoms with E-state index in [-0.39, 0.29) is 0 Å². The first-order valence-electron chi connectivity index (χ1n) is 6.46. The van der Waals surface area contributed by atoms with Crippen molar-refractivity contribution in [2.75, 3.05) is 0 Å². The Labute approximate surface area is 113 Å². The highest BCUT2D eigenvalue weighted by Gasteiger charge is 2.00.